The highest BCUT2D eigenvalue weighted by Crippen LogP contribution is 2.20. The summed E-state index contributed by atoms with van der Waals surface area (Å²) in [5, 5.41) is 0. The third kappa shape index (κ3) is 2.13. The van der Waals surface area contributed by atoms with Gasteiger partial charge in [-0.3, -0.25) is 0 Å². The predicted octanol–water partition coefficient (Wildman–Crippen LogP) is 1.64. The Hall–Kier alpha value is -1.22. The fourth-order valence-electron chi connectivity index (χ4n) is 0.815. The standard InChI is InChI=1S/C9H13NO2/c1-7(11-2)12-9-6-4-3-5-8(9)10/h3-7H,10H2,1-2H3. The number of hydrogen-bond acceptors (Lipinski definition) is 3. The number of hydrogen-bond donors (Lipinski definition) is 1. The van der Waals surface area contributed by atoms with Crippen molar-refractivity contribution in [1.29, 1.82) is 0 Å². The van der Waals surface area contributed by atoms with Gasteiger partial charge in [-0.2, -0.15) is 0 Å². The Morgan fingerprint density at radius 2 is 2.00 bits per heavy atom. The van der Waals surface area contributed by atoms with Crippen molar-refractivity contribution in [3.05, 3.63) is 24.3 Å². The van der Waals surface area contributed by atoms with Crippen molar-refractivity contribution in [2.45, 2.75) is 13.2 Å². The Balaban J connectivity index is 2.69. The van der Waals surface area contributed by atoms with Crippen LogP contribution in [0.15, 0.2) is 24.3 Å². The molecule has 1 unspecified atom stereocenters. The smallest absolute Gasteiger partial charge is 0.196 e. The minimum absolute atomic E-state index is 0.269. The number of nitrogen functional groups attached to an aromatic ring is 1. The molecule has 0 aliphatic heterocycles. The van der Waals surface area contributed by atoms with E-state index in [0.29, 0.717) is 11.4 Å². The summed E-state index contributed by atoms with van der Waals surface area (Å²) >= 11 is 0. The van der Waals surface area contributed by atoms with Crippen LogP contribution < -0.4 is 10.5 Å². The molecule has 0 heterocycles. The summed E-state index contributed by atoms with van der Waals surface area (Å²) in [6.45, 7) is 1.81. The Bertz CT molecular complexity index is 250. The van der Waals surface area contributed by atoms with Gasteiger partial charge in [-0.15, -0.1) is 0 Å². The van der Waals surface area contributed by atoms with Gasteiger partial charge in [0.25, 0.3) is 0 Å². The fraction of sp³-hybridized carbons (Fsp3) is 0.333. The number of methoxy groups -OCH3 is 1. The Kier molecular flexibility index (Phi) is 2.94. The van der Waals surface area contributed by atoms with Crippen molar-refractivity contribution in [1.82, 2.24) is 0 Å². The first kappa shape index (κ1) is 8.87. The summed E-state index contributed by atoms with van der Waals surface area (Å²) in [6, 6.07) is 7.33. The Morgan fingerprint density at radius 1 is 1.33 bits per heavy atom. The lowest BCUT2D eigenvalue weighted by Crippen LogP contribution is -2.14. The molecule has 0 spiro atoms. The van der Waals surface area contributed by atoms with E-state index in [4.69, 9.17) is 15.2 Å². The average Bonchev–Trinajstić information content (AvgIpc) is 2.09. The molecule has 1 aromatic rings. The second-order valence-electron chi connectivity index (χ2n) is 2.46. The minimum Gasteiger partial charge on any atom is -0.463 e. The zero-order chi connectivity index (χ0) is 8.97. The van der Waals surface area contributed by atoms with Crippen molar-refractivity contribution >= 4 is 5.69 Å². The van der Waals surface area contributed by atoms with Crippen molar-refractivity contribution in [2.75, 3.05) is 12.8 Å². The maximum Gasteiger partial charge on any atom is 0.196 e. The topological polar surface area (TPSA) is 44.5 Å². The summed E-state index contributed by atoms with van der Waals surface area (Å²) < 4.78 is 10.3. The molecule has 0 aliphatic carbocycles. The molecule has 1 rings (SSSR count). The van der Waals surface area contributed by atoms with E-state index in [0.717, 1.165) is 0 Å². The molecule has 0 amide bonds. The Morgan fingerprint density at radius 3 is 2.58 bits per heavy atom. The van der Waals surface area contributed by atoms with Crippen LogP contribution in [0, 0.1) is 0 Å². The average molecular weight is 167 g/mol. The van der Waals surface area contributed by atoms with E-state index in [2.05, 4.69) is 0 Å². The molecule has 1 atom stereocenters. The summed E-state index contributed by atoms with van der Waals surface area (Å²) in [6.07, 6.45) is -0.269. The minimum atomic E-state index is -0.269. The van der Waals surface area contributed by atoms with Crippen LogP contribution in [0.4, 0.5) is 5.69 Å². The van der Waals surface area contributed by atoms with Gasteiger partial charge in [-0.1, -0.05) is 12.1 Å². The van der Waals surface area contributed by atoms with Crippen LogP contribution in [0.2, 0.25) is 0 Å². The second kappa shape index (κ2) is 3.97. The lowest BCUT2D eigenvalue weighted by molar-refractivity contribution is -0.0378. The monoisotopic (exact) mass is 167 g/mol. The summed E-state index contributed by atoms with van der Waals surface area (Å²) in [5.74, 6) is 0.659. The van der Waals surface area contributed by atoms with E-state index in [9.17, 15) is 0 Å². The number of ether oxygens (including phenoxy) is 2. The Labute approximate surface area is 72.1 Å². The molecule has 0 radical (unpaired) electrons. The molecule has 0 saturated carbocycles. The quantitative estimate of drug-likeness (QED) is 0.549. The van der Waals surface area contributed by atoms with Gasteiger partial charge in [0, 0.05) is 7.11 Å². The molecule has 0 saturated heterocycles. The van der Waals surface area contributed by atoms with Crippen LogP contribution >= 0.6 is 0 Å². The third-order valence-electron chi connectivity index (χ3n) is 1.54. The highest BCUT2D eigenvalue weighted by molar-refractivity contribution is 5.51. The van der Waals surface area contributed by atoms with Gasteiger partial charge >= 0.3 is 0 Å². The lowest BCUT2D eigenvalue weighted by Gasteiger charge is -2.13. The van der Waals surface area contributed by atoms with Gasteiger partial charge in [0.1, 0.15) is 5.75 Å². The maximum absolute atomic E-state index is 5.64. The first-order valence-corrected chi connectivity index (χ1v) is 3.78. The first-order valence-electron chi connectivity index (χ1n) is 3.78. The first-order chi connectivity index (χ1) is 5.74. The third-order valence-corrected chi connectivity index (χ3v) is 1.54. The van der Waals surface area contributed by atoms with Gasteiger partial charge < -0.3 is 15.2 Å². The van der Waals surface area contributed by atoms with Crippen LogP contribution in [-0.4, -0.2) is 13.4 Å². The zero-order valence-electron chi connectivity index (χ0n) is 7.28. The molecule has 0 fully saturated rings. The van der Waals surface area contributed by atoms with Crippen LogP contribution in [0.1, 0.15) is 6.92 Å². The van der Waals surface area contributed by atoms with Crippen LogP contribution in [0.3, 0.4) is 0 Å². The van der Waals surface area contributed by atoms with Gasteiger partial charge in [-0.25, -0.2) is 0 Å². The molecule has 3 nitrogen and oxygen atoms in total. The molecule has 66 valence electrons. The van der Waals surface area contributed by atoms with Crippen molar-refractivity contribution < 1.29 is 9.47 Å². The van der Waals surface area contributed by atoms with E-state index in [1.165, 1.54) is 0 Å². The van der Waals surface area contributed by atoms with Crippen molar-refractivity contribution in [3.8, 4) is 5.75 Å². The molecule has 0 aromatic heterocycles. The van der Waals surface area contributed by atoms with Gasteiger partial charge in [0.05, 0.1) is 5.69 Å². The second-order valence-corrected chi connectivity index (χ2v) is 2.46. The van der Waals surface area contributed by atoms with Gasteiger partial charge in [0.15, 0.2) is 6.29 Å². The van der Waals surface area contributed by atoms with E-state index < -0.39 is 0 Å². The SMILES string of the molecule is COC(C)Oc1ccccc1N. The number of para-hydroxylation sites is 2. The molecular weight excluding hydrogens is 154 g/mol. The van der Waals surface area contributed by atoms with E-state index in [-0.39, 0.29) is 6.29 Å². The number of benzene rings is 1. The van der Waals surface area contributed by atoms with Crippen LogP contribution in [0.5, 0.6) is 5.75 Å². The zero-order valence-corrected chi connectivity index (χ0v) is 7.28. The highest BCUT2D eigenvalue weighted by Gasteiger charge is 2.03. The van der Waals surface area contributed by atoms with Gasteiger partial charge in [0.2, 0.25) is 0 Å². The van der Waals surface area contributed by atoms with Crippen LogP contribution in [0.25, 0.3) is 0 Å². The molecule has 0 bridgehead atoms. The number of rotatable bonds is 3. The summed E-state index contributed by atoms with van der Waals surface area (Å²) in [4.78, 5) is 0. The van der Waals surface area contributed by atoms with Crippen molar-refractivity contribution in [2.24, 2.45) is 0 Å². The normalized spacial score (nSPS) is 12.5. The van der Waals surface area contributed by atoms with Crippen molar-refractivity contribution in [3.63, 3.8) is 0 Å². The molecule has 1 aromatic carbocycles. The lowest BCUT2D eigenvalue weighted by atomic mass is 10.3. The van der Waals surface area contributed by atoms with Crippen LogP contribution in [-0.2, 0) is 4.74 Å². The van der Waals surface area contributed by atoms with E-state index >= 15 is 0 Å². The fourth-order valence-corrected chi connectivity index (χ4v) is 0.815. The number of nitrogens with two attached hydrogens (primary N) is 1. The largest absolute Gasteiger partial charge is 0.463 e. The molecule has 12 heavy (non-hydrogen) atoms. The van der Waals surface area contributed by atoms with E-state index in [1.807, 2.05) is 25.1 Å². The molecule has 2 N–H and O–H groups in total. The maximum atomic E-state index is 5.64. The number of anilines is 1. The van der Waals surface area contributed by atoms with Gasteiger partial charge in [-0.05, 0) is 19.1 Å². The molecular formula is C9H13NO2. The molecule has 3 heteroatoms. The summed E-state index contributed by atoms with van der Waals surface area (Å²) in [5.41, 5.74) is 6.27. The predicted molar refractivity (Wildman–Crippen MR) is 48.0 cm³/mol. The van der Waals surface area contributed by atoms with E-state index in [1.54, 1.807) is 13.2 Å². The summed E-state index contributed by atoms with van der Waals surface area (Å²) in [7, 11) is 1.59. The highest BCUT2D eigenvalue weighted by atomic mass is 16.7. The molecule has 0 aliphatic rings.